The van der Waals surface area contributed by atoms with Crippen molar-refractivity contribution in [1.82, 2.24) is 0 Å². The predicted molar refractivity (Wildman–Crippen MR) is 109 cm³/mol. The van der Waals surface area contributed by atoms with Crippen molar-refractivity contribution in [3.8, 4) is 22.9 Å². The lowest BCUT2D eigenvalue weighted by Crippen LogP contribution is -2.05. The lowest BCUT2D eigenvalue weighted by molar-refractivity contribution is 0.0975. The fraction of sp³-hybridized carbons (Fsp3) is 0.200. The van der Waals surface area contributed by atoms with Gasteiger partial charge in [-0.25, -0.2) is 0 Å². The molecule has 3 nitrogen and oxygen atoms in total. The Morgan fingerprint density at radius 1 is 0.821 bits per heavy atom. The molecule has 0 bridgehead atoms. The van der Waals surface area contributed by atoms with Crippen LogP contribution >= 0.6 is 0 Å². The molecule has 4 rings (SSSR count). The van der Waals surface area contributed by atoms with E-state index in [-0.39, 0.29) is 5.78 Å². The quantitative estimate of drug-likeness (QED) is 0.553. The van der Waals surface area contributed by atoms with Crippen LogP contribution in [-0.2, 0) is 13.0 Å². The third-order valence-corrected chi connectivity index (χ3v) is 5.21. The summed E-state index contributed by atoms with van der Waals surface area (Å²) in [5.74, 6) is 0.737. The SMILES string of the molecule is N#Cc1cccc(-c2ccc3c(c2)C(=O)CCCCc2ccccc2CO3)c1. The van der Waals surface area contributed by atoms with Crippen LogP contribution in [0.2, 0.25) is 0 Å². The van der Waals surface area contributed by atoms with Crippen LogP contribution in [0.3, 0.4) is 0 Å². The minimum Gasteiger partial charge on any atom is -0.488 e. The highest BCUT2D eigenvalue weighted by atomic mass is 16.5. The number of hydrogen-bond acceptors (Lipinski definition) is 3. The monoisotopic (exact) mass is 367 g/mol. The zero-order chi connectivity index (χ0) is 19.3. The van der Waals surface area contributed by atoms with Crippen LogP contribution in [-0.4, -0.2) is 5.78 Å². The third kappa shape index (κ3) is 3.82. The summed E-state index contributed by atoms with van der Waals surface area (Å²) in [4.78, 5) is 12.9. The maximum Gasteiger partial charge on any atom is 0.166 e. The van der Waals surface area contributed by atoms with E-state index in [1.165, 1.54) is 11.1 Å². The van der Waals surface area contributed by atoms with Crippen LogP contribution in [0, 0.1) is 11.3 Å². The van der Waals surface area contributed by atoms with Crippen molar-refractivity contribution >= 4 is 5.78 Å². The van der Waals surface area contributed by atoms with Crippen LogP contribution in [0.5, 0.6) is 5.75 Å². The number of hydrogen-bond donors (Lipinski definition) is 0. The largest absolute Gasteiger partial charge is 0.488 e. The topological polar surface area (TPSA) is 50.1 Å². The lowest BCUT2D eigenvalue weighted by atomic mass is 9.97. The Bertz CT molecular complexity index is 1060. The number of benzene rings is 3. The van der Waals surface area contributed by atoms with Gasteiger partial charge in [0, 0.05) is 6.42 Å². The number of aryl methyl sites for hydroxylation is 1. The van der Waals surface area contributed by atoms with Gasteiger partial charge in [0.25, 0.3) is 0 Å². The number of nitriles is 1. The predicted octanol–water partition coefficient (Wildman–Crippen LogP) is 5.71. The van der Waals surface area contributed by atoms with Gasteiger partial charge in [0.1, 0.15) is 12.4 Å². The van der Waals surface area contributed by atoms with E-state index in [0.717, 1.165) is 30.4 Å². The van der Waals surface area contributed by atoms with Gasteiger partial charge in [-0.05, 0) is 65.8 Å². The molecule has 0 N–H and O–H groups in total. The third-order valence-electron chi connectivity index (χ3n) is 5.21. The van der Waals surface area contributed by atoms with E-state index in [1.54, 1.807) is 6.07 Å². The van der Waals surface area contributed by atoms with Gasteiger partial charge in [0.2, 0.25) is 0 Å². The van der Waals surface area contributed by atoms with Crippen molar-refractivity contribution in [3.05, 3.63) is 89.0 Å². The van der Waals surface area contributed by atoms with Crippen molar-refractivity contribution in [1.29, 1.82) is 5.26 Å². The molecule has 0 saturated carbocycles. The molecule has 138 valence electrons. The Labute approximate surface area is 165 Å². The second kappa shape index (κ2) is 8.10. The first-order valence-electron chi connectivity index (χ1n) is 9.62. The van der Waals surface area contributed by atoms with E-state index in [4.69, 9.17) is 10.00 Å². The molecule has 0 atom stereocenters. The molecule has 3 aromatic rings. The Balaban J connectivity index is 1.71. The van der Waals surface area contributed by atoms with Crippen molar-refractivity contribution in [2.75, 3.05) is 0 Å². The Hall–Kier alpha value is -3.38. The zero-order valence-electron chi connectivity index (χ0n) is 15.7. The lowest BCUT2D eigenvalue weighted by Gasteiger charge is -2.14. The van der Waals surface area contributed by atoms with Gasteiger partial charge in [0.15, 0.2) is 5.78 Å². The number of nitrogens with zero attached hydrogens (tertiary/aromatic N) is 1. The van der Waals surface area contributed by atoms with E-state index in [0.29, 0.717) is 29.9 Å². The number of ether oxygens (including phenoxy) is 1. The number of carbonyl (C=O) groups is 1. The van der Waals surface area contributed by atoms with Crippen LogP contribution in [0.15, 0.2) is 66.7 Å². The van der Waals surface area contributed by atoms with E-state index < -0.39 is 0 Å². The highest BCUT2D eigenvalue weighted by Gasteiger charge is 2.16. The summed E-state index contributed by atoms with van der Waals surface area (Å²) in [6.45, 7) is 0.458. The number of carbonyl (C=O) groups excluding carboxylic acids is 1. The van der Waals surface area contributed by atoms with Crippen molar-refractivity contribution in [3.63, 3.8) is 0 Å². The Kier molecular flexibility index (Phi) is 5.21. The number of Topliss-reactive ketones (excluding diaryl/α,β-unsaturated/α-hetero) is 1. The van der Waals surface area contributed by atoms with Crippen molar-refractivity contribution in [2.45, 2.75) is 32.3 Å². The number of ketones is 1. The molecule has 0 aliphatic carbocycles. The van der Waals surface area contributed by atoms with Crippen LogP contribution in [0.25, 0.3) is 11.1 Å². The minimum atomic E-state index is 0.110. The molecule has 1 aliphatic rings. The standard InChI is InChI=1S/C25H21NO2/c26-16-18-6-5-10-20(14-18)21-12-13-25-23(15-21)24(27)11-4-3-8-19-7-1-2-9-22(19)17-28-25/h1-2,5-7,9-10,12-15H,3-4,8,11,17H2. The van der Waals surface area contributed by atoms with Crippen LogP contribution < -0.4 is 4.74 Å². The first-order valence-corrected chi connectivity index (χ1v) is 9.62. The fourth-order valence-corrected chi connectivity index (χ4v) is 3.65. The summed E-state index contributed by atoms with van der Waals surface area (Å²) in [6.07, 6.45) is 3.33. The molecule has 0 radical (unpaired) electrons. The summed E-state index contributed by atoms with van der Waals surface area (Å²) in [7, 11) is 0. The summed E-state index contributed by atoms with van der Waals surface area (Å²) in [5, 5.41) is 9.15. The average molecular weight is 367 g/mol. The van der Waals surface area contributed by atoms with Gasteiger partial charge in [-0.1, -0.05) is 42.5 Å². The summed E-state index contributed by atoms with van der Waals surface area (Å²) >= 11 is 0. The first kappa shape index (κ1) is 18.0. The van der Waals surface area contributed by atoms with E-state index in [1.807, 2.05) is 42.5 Å². The van der Waals surface area contributed by atoms with Gasteiger partial charge < -0.3 is 4.74 Å². The van der Waals surface area contributed by atoms with Crippen molar-refractivity contribution < 1.29 is 9.53 Å². The Morgan fingerprint density at radius 2 is 1.61 bits per heavy atom. The second-order valence-corrected chi connectivity index (χ2v) is 7.09. The van der Waals surface area contributed by atoms with Gasteiger partial charge >= 0.3 is 0 Å². The minimum absolute atomic E-state index is 0.110. The van der Waals surface area contributed by atoms with Gasteiger partial charge in [-0.15, -0.1) is 0 Å². The number of rotatable bonds is 1. The molecule has 0 unspecified atom stereocenters. The zero-order valence-corrected chi connectivity index (χ0v) is 15.7. The van der Waals surface area contributed by atoms with Crippen LogP contribution in [0.1, 0.15) is 46.3 Å². The average Bonchev–Trinajstić information content (AvgIpc) is 2.78. The maximum absolute atomic E-state index is 12.9. The maximum atomic E-state index is 12.9. The molecule has 1 heterocycles. The molecule has 1 aliphatic heterocycles. The van der Waals surface area contributed by atoms with Gasteiger partial charge in [-0.3, -0.25) is 4.79 Å². The molecule has 3 heteroatoms. The van der Waals surface area contributed by atoms with E-state index >= 15 is 0 Å². The molecular weight excluding hydrogens is 346 g/mol. The molecule has 0 fully saturated rings. The van der Waals surface area contributed by atoms with Gasteiger partial charge in [-0.2, -0.15) is 5.26 Å². The van der Waals surface area contributed by atoms with Crippen LogP contribution in [0.4, 0.5) is 0 Å². The molecule has 0 spiro atoms. The highest BCUT2D eigenvalue weighted by molar-refractivity contribution is 5.99. The summed E-state index contributed by atoms with van der Waals surface area (Å²) in [5.41, 5.74) is 5.54. The molecule has 28 heavy (non-hydrogen) atoms. The molecule has 0 amide bonds. The molecule has 0 saturated heterocycles. The second-order valence-electron chi connectivity index (χ2n) is 7.09. The Morgan fingerprint density at radius 3 is 2.46 bits per heavy atom. The molecule has 3 aromatic carbocycles. The molecular formula is C25H21NO2. The molecule has 0 aromatic heterocycles. The smallest absolute Gasteiger partial charge is 0.166 e. The first-order chi connectivity index (χ1) is 13.7. The van der Waals surface area contributed by atoms with Crippen molar-refractivity contribution in [2.24, 2.45) is 0 Å². The highest BCUT2D eigenvalue weighted by Crippen LogP contribution is 2.30. The summed E-state index contributed by atoms with van der Waals surface area (Å²) in [6, 6.07) is 23.6. The van der Waals surface area contributed by atoms with E-state index in [2.05, 4.69) is 24.3 Å². The summed E-state index contributed by atoms with van der Waals surface area (Å²) < 4.78 is 6.08. The fourth-order valence-electron chi connectivity index (χ4n) is 3.65. The van der Waals surface area contributed by atoms with E-state index in [9.17, 15) is 4.79 Å². The normalized spacial score (nSPS) is 14.0. The van der Waals surface area contributed by atoms with Gasteiger partial charge in [0.05, 0.1) is 17.2 Å². The number of fused-ring (bicyclic) bond motifs is 2.